The van der Waals surface area contributed by atoms with Crippen LogP contribution in [-0.2, 0) is 13.6 Å². The van der Waals surface area contributed by atoms with E-state index in [1.54, 1.807) is 11.7 Å². The van der Waals surface area contributed by atoms with Gasteiger partial charge in [-0.15, -0.1) is 0 Å². The molecule has 1 saturated heterocycles. The molecule has 0 radical (unpaired) electrons. The standard InChI is InChI=1S/C17H20Cl2N4O/c1-12-9-16(21(2)20-12)17(24)23-7-5-22(6-8-23)11-13-3-4-14(18)15(19)10-13/h3-4,9-10H,5-8,11H2,1-2H3. The zero-order chi connectivity index (χ0) is 17.3. The predicted octanol–water partition coefficient (Wildman–Crippen LogP) is 2.99. The Morgan fingerprint density at radius 2 is 1.83 bits per heavy atom. The highest BCUT2D eigenvalue weighted by atomic mass is 35.5. The molecule has 3 rings (SSSR count). The van der Waals surface area contributed by atoms with Crippen molar-refractivity contribution in [2.45, 2.75) is 13.5 Å². The number of piperazine rings is 1. The van der Waals surface area contributed by atoms with Crippen molar-refractivity contribution in [1.82, 2.24) is 19.6 Å². The van der Waals surface area contributed by atoms with Gasteiger partial charge in [0.05, 0.1) is 15.7 Å². The van der Waals surface area contributed by atoms with Crippen LogP contribution in [0.1, 0.15) is 21.7 Å². The number of hydrogen-bond donors (Lipinski definition) is 0. The molecule has 0 N–H and O–H groups in total. The molecule has 1 amide bonds. The molecular formula is C17H20Cl2N4O. The summed E-state index contributed by atoms with van der Waals surface area (Å²) in [5, 5.41) is 5.40. The highest BCUT2D eigenvalue weighted by Crippen LogP contribution is 2.23. The summed E-state index contributed by atoms with van der Waals surface area (Å²) in [5.41, 5.74) is 2.64. The Bertz CT molecular complexity index is 751. The number of rotatable bonds is 3. The molecule has 5 nitrogen and oxygen atoms in total. The summed E-state index contributed by atoms with van der Waals surface area (Å²) in [6.07, 6.45) is 0. The van der Waals surface area contributed by atoms with Crippen LogP contribution in [0.5, 0.6) is 0 Å². The molecule has 0 unspecified atom stereocenters. The summed E-state index contributed by atoms with van der Waals surface area (Å²) >= 11 is 12.0. The second-order valence-electron chi connectivity index (χ2n) is 6.11. The molecule has 0 aliphatic carbocycles. The number of benzene rings is 1. The van der Waals surface area contributed by atoms with Gasteiger partial charge >= 0.3 is 0 Å². The molecule has 0 saturated carbocycles. The van der Waals surface area contributed by atoms with Gasteiger partial charge in [-0.1, -0.05) is 29.3 Å². The van der Waals surface area contributed by atoms with Crippen molar-refractivity contribution in [2.24, 2.45) is 7.05 Å². The zero-order valence-electron chi connectivity index (χ0n) is 13.8. The Morgan fingerprint density at radius 1 is 1.12 bits per heavy atom. The van der Waals surface area contributed by atoms with Gasteiger partial charge < -0.3 is 4.90 Å². The van der Waals surface area contributed by atoms with E-state index in [1.807, 2.05) is 36.1 Å². The molecule has 2 heterocycles. The Kier molecular flexibility index (Phi) is 5.13. The van der Waals surface area contributed by atoms with Crippen LogP contribution in [0.4, 0.5) is 0 Å². The second-order valence-corrected chi connectivity index (χ2v) is 6.93. The van der Waals surface area contributed by atoms with E-state index in [0.29, 0.717) is 28.8 Å². The number of halogens is 2. The molecule has 1 aliphatic heterocycles. The summed E-state index contributed by atoms with van der Waals surface area (Å²) < 4.78 is 1.65. The first-order valence-corrected chi connectivity index (χ1v) is 8.66. The van der Waals surface area contributed by atoms with E-state index < -0.39 is 0 Å². The molecule has 2 aromatic rings. The van der Waals surface area contributed by atoms with E-state index in [1.165, 1.54) is 0 Å². The minimum absolute atomic E-state index is 0.0484. The second kappa shape index (κ2) is 7.13. The average molecular weight is 367 g/mol. The van der Waals surface area contributed by atoms with Crippen molar-refractivity contribution in [3.8, 4) is 0 Å². The maximum absolute atomic E-state index is 12.6. The number of carbonyl (C=O) groups is 1. The maximum Gasteiger partial charge on any atom is 0.272 e. The molecule has 24 heavy (non-hydrogen) atoms. The molecule has 1 aromatic heterocycles. The van der Waals surface area contributed by atoms with Crippen molar-refractivity contribution in [1.29, 1.82) is 0 Å². The molecule has 7 heteroatoms. The van der Waals surface area contributed by atoms with Gasteiger partial charge in [-0.25, -0.2) is 0 Å². The van der Waals surface area contributed by atoms with Gasteiger partial charge in [0.15, 0.2) is 0 Å². The van der Waals surface area contributed by atoms with E-state index in [2.05, 4.69) is 10.00 Å². The van der Waals surface area contributed by atoms with Gasteiger partial charge in [0, 0.05) is 39.8 Å². The Labute approximate surface area is 151 Å². The van der Waals surface area contributed by atoms with Crippen LogP contribution in [-0.4, -0.2) is 51.7 Å². The molecule has 0 atom stereocenters. The van der Waals surface area contributed by atoms with Crippen molar-refractivity contribution in [3.63, 3.8) is 0 Å². The minimum atomic E-state index is 0.0484. The molecule has 0 spiro atoms. The highest BCUT2D eigenvalue weighted by Gasteiger charge is 2.24. The predicted molar refractivity (Wildman–Crippen MR) is 95.6 cm³/mol. The minimum Gasteiger partial charge on any atom is -0.335 e. The van der Waals surface area contributed by atoms with E-state index in [4.69, 9.17) is 23.2 Å². The average Bonchev–Trinajstić information content (AvgIpc) is 2.89. The van der Waals surface area contributed by atoms with E-state index >= 15 is 0 Å². The van der Waals surface area contributed by atoms with E-state index in [0.717, 1.165) is 30.9 Å². The zero-order valence-corrected chi connectivity index (χ0v) is 15.3. The summed E-state index contributed by atoms with van der Waals surface area (Å²) in [6.45, 7) is 5.80. The first-order valence-electron chi connectivity index (χ1n) is 7.90. The highest BCUT2D eigenvalue weighted by molar-refractivity contribution is 6.42. The van der Waals surface area contributed by atoms with Gasteiger partial charge in [-0.05, 0) is 30.7 Å². The summed E-state index contributed by atoms with van der Waals surface area (Å²) in [7, 11) is 1.81. The van der Waals surface area contributed by atoms with Crippen LogP contribution >= 0.6 is 23.2 Å². The van der Waals surface area contributed by atoms with Crippen LogP contribution < -0.4 is 0 Å². The lowest BCUT2D eigenvalue weighted by Crippen LogP contribution is -2.48. The number of aryl methyl sites for hydroxylation is 2. The van der Waals surface area contributed by atoms with Crippen LogP contribution in [0.2, 0.25) is 10.0 Å². The molecule has 0 bridgehead atoms. The van der Waals surface area contributed by atoms with Gasteiger partial charge in [-0.2, -0.15) is 5.10 Å². The Hall–Kier alpha value is -1.56. The number of carbonyl (C=O) groups excluding carboxylic acids is 1. The maximum atomic E-state index is 12.6. The Morgan fingerprint density at radius 3 is 2.42 bits per heavy atom. The van der Waals surface area contributed by atoms with Crippen LogP contribution in [0.15, 0.2) is 24.3 Å². The van der Waals surface area contributed by atoms with Crippen LogP contribution in [0.3, 0.4) is 0 Å². The molecular weight excluding hydrogens is 347 g/mol. The van der Waals surface area contributed by atoms with Crippen molar-refractivity contribution >= 4 is 29.1 Å². The SMILES string of the molecule is Cc1cc(C(=O)N2CCN(Cc3ccc(Cl)c(Cl)c3)CC2)n(C)n1. The van der Waals surface area contributed by atoms with Gasteiger partial charge in [0.1, 0.15) is 5.69 Å². The summed E-state index contributed by atoms with van der Waals surface area (Å²) in [6, 6.07) is 7.55. The fraction of sp³-hybridized carbons (Fsp3) is 0.412. The molecule has 1 aromatic carbocycles. The number of aromatic nitrogens is 2. The molecule has 1 aliphatic rings. The van der Waals surface area contributed by atoms with Crippen molar-refractivity contribution < 1.29 is 4.79 Å². The first-order chi connectivity index (χ1) is 11.4. The first kappa shape index (κ1) is 17.3. The largest absolute Gasteiger partial charge is 0.335 e. The lowest BCUT2D eigenvalue weighted by atomic mass is 10.2. The lowest BCUT2D eigenvalue weighted by Gasteiger charge is -2.34. The number of nitrogens with zero attached hydrogens (tertiary/aromatic N) is 4. The summed E-state index contributed by atoms with van der Waals surface area (Å²) in [4.78, 5) is 16.8. The topological polar surface area (TPSA) is 41.4 Å². The summed E-state index contributed by atoms with van der Waals surface area (Å²) in [5.74, 6) is 0.0484. The van der Waals surface area contributed by atoms with E-state index in [-0.39, 0.29) is 5.91 Å². The third kappa shape index (κ3) is 3.74. The lowest BCUT2D eigenvalue weighted by molar-refractivity contribution is 0.0618. The number of hydrogen-bond acceptors (Lipinski definition) is 3. The molecule has 1 fully saturated rings. The van der Waals surface area contributed by atoms with Crippen molar-refractivity contribution in [3.05, 3.63) is 51.3 Å². The van der Waals surface area contributed by atoms with Crippen LogP contribution in [0, 0.1) is 6.92 Å². The van der Waals surface area contributed by atoms with Crippen molar-refractivity contribution in [2.75, 3.05) is 26.2 Å². The quantitative estimate of drug-likeness (QED) is 0.838. The van der Waals surface area contributed by atoms with Crippen LogP contribution in [0.25, 0.3) is 0 Å². The molecule has 128 valence electrons. The van der Waals surface area contributed by atoms with E-state index in [9.17, 15) is 4.79 Å². The Balaban J connectivity index is 1.58. The normalized spacial score (nSPS) is 15.8. The van der Waals surface area contributed by atoms with Gasteiger partial charge in [0.2, 0.25) is 0 Å². The van der Waals surface area contributed by atoms with Gasteiger partial charge in [-0.3, -0.25) is 14.4 Å². The number of amides is 1. The third-order valence-electron chi connectivity index (χ3n) is 4.27. The van der Waals surface area contributed by atoms with Gasteiger partial charge in [0.25, 0.3) is 5.91 Å². The monoisotopic (exact) mass is 366 g/mol. The smallest absolute Gasteiger partial charge is 0.272 e. The third-order valence-corrected chi connectivity index (χ3v) is 5.01. The fourth-order valence-corrected chi connectivity index (χ4v) is 3.30. The fourth-order valence-electron chi connectivity index (χ4n) is 2.98.